The van der Waals surface area contributed by atoms with Crippen LogP contribution in [0.15, 0.2) is 24.4 Å². The van der Waals surface area contributed by atoms with Crippen LogP contribution in [-0.4, -0.2) is 11.5 Å². The van der Waals surface area contributed by atoms with E-state index in [1.165, 1.54) is 6.42 Å². The molecule has 1 aromatic rings. The molecule has 0 spiro atoms. The normalized spacial score (nSPS) is 21.3. The summed E-state index contributed by atoms with van der Waals surface area (Å²) in [6.07, 6.45) is 5.32. The Morgan fingerprint density at radius 3 is 2.64 bits per heavy atom. The number of nitrogens with two attached hydrogens (primary N) is 2. The standard InChI is InChI=1S/C11H17N3/c12-8-11(5-3-6-11)10(13)9-4-1-2-7-14-9/h1-2,4,7,10H,3,5-6,8,12-13H2. The van der Waals surface area contributed by atoms with E-state index in [9.17, 15) is 0 Å². The maximum Gasteiger partial charge on any atom is 0.0577 e. The zero-order valence-electron chi connectivity index (χ0n) is 8.32. The molecule has 0 amide bonds. The zero-order valence-corrected chi connectivity index (χ0v) is 8.32. The van der Waals surface area contributed by atoms with E-state index in [0.29, 0.717) is 6.54 Å². The van der Waals surface area contributed by atoms with E-state index in [2.05, 4.69) is 4.98 Å². The van der Waals surface area contributed by atoms with Crippen LogP contribution in [0.25, 0.3) is 0 Å². The summed E-state index contributed by atoms with van der Waals surface area (Å²) in [5, 5.41) is 0. The Morgan fingerprint density at radius 1 is 1.43 bits per heavy atom. The van der Waals surface area contributed by atoms with Crippen molar-refractivity contribution in [2.24, 2.45) is 16.9 Å². The first-order valence-corrected chi connectivity index (χ1v) is 5.15. The highest BCUT2D eigenvalue weighted by atomic mass is 14.8. The summed E-state index contributed by atoms with van der Waals surface area (Å²) < 4.78 is 0. The monoisotopic (exact) mass is 191 g/mol. The summed E-state index contributed by atoms with van der Waals surface area (Å²) in [5.41, 5.74) is 13.1. The van der Waals surface area contributed by atoms with Gasteiger partial charge in [0.05, 0.1) is 11.7 Å². The van der Waals surface area contributed by atoms with Gasteiger partial charge in [-0.2, -0.15) is 0 Å². The van der Waals surface area contributed by atoms with Crippen molar-refractivity contribution >= 4 is 0 Å². The maximum atomic E-state index is 6.20. The van der Waals surface area contributed by atoms with E-state index >= 15 is 0 Å². The van der Waals surface area contributed by atoms with E-state index in [0.717, 1.165) is 18.5 Å². The van der Waals surface area contributed by atoms with Crippen molar-refractivity contribution in [2.45, 2.75) is 25.3 Å². The molecule has 1 unspecified atom stereocenters. The summed E-state index contributed by atoms with van der Waals surface area (Å²) in [7, 11) is 0. The molecule has 0 bridgehead atoms. The van der Waals surface area contributed by atoms with Gasteiger partial charge in [-0.1, -0.05) is 12.5 Å². The second-order valence-corrected chi connectivity index (χ2v) is 4.15. The Hall–Kier alpha value is -0.930. The maximum absolute atomic E-state index is 6.20. The van der Waals surface area contributed by atoms with Crippen LogP contribution in [0.2, 0.25) is 0 Å². The highest BCUT2D eigenvalue weighted by Crippen LogP contribution is 2.47. The van der Waals surface area contributed by atoms with Crippen LogP contribution >= 0.6 is 0 Å². The Kier molecular flexibility index (Phi) is 2.52. The number of hydrogen-bond acceptors (Lipinski definition) is 3. The summed E-state index contributed by atoms with van der Waals surface area (Å²) in [6, 6.07) is 5.87. The Balaban J connectivity index is 2.19. The van der Waals surface area contributed by atoms with E-state index in [1.807, 2.05) is 18.2 Å². The van der Waals surface area contributed by atoms with E-state index < -0.39 is 0 Å². The van der Waals surface area contributed by atoms with Crippen molar-refractivity contribution in [3.05, 3.63) is 30.1 Å². The molecule has 1 aliphatic rings. The van der Waals surface area contributed by atoms with Gasteiger partial charge in [-0.05, 0) is 31.5 Å². The molecule has 3 heteroatoms. The van der Waals surface area contributed by atoms with Crippen molar-refractivity contribution in [3.8, 4) is 0 Å². The van der Waals surface area contributed by atoms with Gasteiger partial charge in [-0.3, -0.25) is 4.98 Å². The first-order valence-electron chi connectivity index (χ1n) is 5.15. The number of rotatable bonds is 3. The number of pyridine rings is 1. The fraction of sp³-hybridized carbons (Fsp3) is 0.545. The van der Waals surface area contributed by atoms with Gasteiger partial charge in [0, 0.05) is 11.6 Å². The second kappa shape index (κ2) is 3.67. The SMILES string of the molecule is NCC1(C(N)c2ccccn2)CCC1. The topological polar surface area (TPSA) is 64.9 Å². The van der Waals surface area contributed by atoms with Gasteiger partial charge in [-0.15, -0.1) is 0 Å². The molecular formula is C11H17N3. The third-order valence-electron chi connectivity index (χ3n) is 3.42. The molecule has 1 aliphatic carbocycles. The zero-order chi connectivity index (χ0) is 10.0. The van der Waals surface area contributed by atoms with Crippen molar-refractivity contribution in [3.63, 3.8) is 0 Å². The minimum absolute atomic E-state index is 0.00227. The molecule has 0 radical (unpaired) electrons. The molecule has 1 heterocycles. The largest absolute Gasteiger partial charge is 0.330 e. The minimum Gasteiger partial charge on any atom is -0.330 e. The third kappa shape index (κ3) is 1.42. The van der Waals surface area contributed by atoms with Crippen LogP contribution in [0.3, 0.4) is 0 Å². The Bertz CT molecular complexity index is 287. The first kappa shape index (κ1) is 9.62. The van der Waals surface area contributed by atoms with Gasteiger partial charge in [0.15, 0.2) is 0 Å². The van der Waals surface area contributed by atoms with Gasteiger partial charge in [0.25, 0.3) is 0 Å². The fourth-order valence-corrected chi connectivity index (χ4v) is 2.15. The Morgan fingerprint density at radius 2 is 2.21 bits per heavy atom. The summed E-state index contributed by atoms with van der Waals surface area (Å²) in [6.45, 7) is 0.671. The van der Waals surface area contributed by atoms with Crippen LogP contribution < -0.4 is 11.5 Å². The van der Waals surface area contributed by atoms with Crippen molar-refractivity contribution in [1.29, 1.82) is 0 Å². The van der Waals surface area contributed by atoms with Crippen molar-refractivity contribution < 1.29 is 0 Å². The van der Waals surface area contributed by atoms with Crippen LogP contribution in [0.4, 0.5) is 0 Å². The lowest BCUT2D eigenvalue weighted by atomic mass is 9.63. The average Bonchev–Trinajstić information content (AvgIpc) is 2.18. The summed E-state index contributed by atoms with van der Waals surface area (Å²) >= 11 is 0. The van der Waals surface area contributed by atoms with Crippen molar-refractivity contribution in [1.82, 2.24) is 4.98 Å². The number of hydrogen-bond donors (Lipinski definition) is 2. The predicted octanol–water partition coefficient (Wildman–Crippen LogP) is 1.21. The molecule has 14 heavy (non-hydrogen) atoms. The average molecular weight is 191 g/mol. The summed E-state index contributed by atoms with van der Waals surface area (Å²) in [4.78, 5) is 4.29. The van der Waals surface area contributed by atoms with Gasteiger partial charge in [0.2, 0.25) is 0 Å². The highest BCUT2D eigenvalue weighted by molar-refractivity contribution is 5.14. The van der Waals surface area contributed by atoms with Gasteiger partial charge >= 0.3 is 0 Å². The molecule has 0 saturated heterocycles. The van der Waals surface area contributed by atoms with Gasteiger partial charge in [-0.25, -0.2) is 0 Å². The number of aromatic nitrogens is 1. The summed E-state index contributed by atoms with van der Waals surface area (Å²) in [5.74, 6) is 0. The Labute approximate surface area is 84.5 Å². The molecule has 4 N–H and O–H groups in total. The molecule has 1 aromatic heterocycles. The van der Waals surface area contributed by atoms with Gasteiger partial charge in [0.1, 0.15) is 0 Å². The smallest absolute Gasteiger partial charge is 0.0577 e. The third-order valence-corrected chi connectivity index (χ3v) is 3.42. The molecule has 3 nitrogen and oxygen atoms in total. The van der Waals surface area contributed by atoms with Crippen LogP contribution in [0.1, 0.15) is 31.0 Å². The minimum atomic E-state index is 0.00227. The predicted molar refractivity (Wildman–Crippen MR) is 56.5 cm³/mol. The molecular weight excluding hydrogens is 174 g/mol. The number of nitrogens with zero attached hydrogens (tertiary/aromatic N) is 1. The van der Waals surface area contributed by atoms with Crippen LogP contribution in [0.5, 0.6) is 0 Å². The molecule has 76 valence electrons. The van der Waals surface area contributed by atoms with E-state index in [-0.39, 0.29) is 11.5 Å². The first-order chi connectivity index (χ1) is 6.78. The lowest BCUT2D eigenvalue weighted by Crippen LogP contribution is -2.46. The molecule has 0 aromatic carbocycles. The fourth-order valence-electron chi connectivity index (χ4n) is 2.15. The van der Waals surface area contributed by atoms with Gasteiger partial charge < -0.3 is 11.5 Å². The molecule has 0 aliphatic heterocycles. The highest BCUT2D eigenvalue weighted by Gasteiger charge is 2.42. The molecule has 1 saturated carbocycles. The van der Waals surface area contributed by atoms with Crippen molar-refractivity contribution in [2.75, 3.05) is 6.54 Å². The molecule has 1 atom stereocenters. The second-order valence-electron chi connectivity index (χ2n) is 4.15. The molecule has 2 rings (SSSR count). The van der Waals surface area contributed by atoms with E-state index in [4.69, 9.17) is 11.5 Å². The van der Waals surface area contributed by atoms with Crippen LogP contribution in [0, 0.1) is 5.41 Å². The van der Waals surface area contributed by atoms with E-state index in [1.54, 1.807) is 6.20 Å². The van der Waals surface area contributed by atoms with Crippen LogP contribution in [-0.2, 0) is 0 Å². The lowest BCUT2D eigenvalue weighted by molar-refractivity contribution is 0.102. The molecule has 1 fully saturated rings. The lowest BCUT2D eigenvalue weighted by Gasteiger charge is -2.45. The quantitative estimate of drug-likeness (QED) is 0.754.